The molecule has 4 nitrogen and oxygen atoms in total. The second-order valence-corrected chi connectivity index (χ2v) is 4.12. The normalized spacial score (nSPS) is 10.1. The Morgan fingerprint density at radius 1 is 1.22 bits per heavy atom. The van der Waals surface area contributed by atoms with Gasteiger partial charge in [-0.1, -0.05) is 25.1 Å². The second-order valence-electron chi connectivity index (χ2n) is 4.12. The lowest BCUT2D eigenvalue weighted by atomic mass is 10.0. The van der Waals surface area contributed by atoms with Crippen LogP contribution in [0.5, 0.6) is 0 Å². The van der Waals surface area contributed by atoms with Crippen LogP contribution in [0, 0.1) is 0 Å². The average Bonchev–Trinajstić information content (AvgIpc) is 2.37. The molecule has 0 spiro atoms. The molecule has 0 radical (unpaired) electrons. The van der Waals surface area contributed by atoms with Gasteiger partial charge >= 0.3 is 5.97 Å². The molecule has 0 saturated heterocycles. The van der Waals surface area contributed by atoms with Crippen LogP contribution < -0.4 is 5.32 Å². The monoisotopic (exact) mass is 249 g/mol. The van der Waals surface area contributed by atoms with Gasteiger partial charge in [0.1, 0.15) is 0 Å². The molecular weight excluding hydrogens is 230 g/mol. The second kappa shape index (κ2) is 7.48. The summed E-state index contributed by atoms with van der Waals surface area (Å²) in [6, 6.07) is 7.52. The molecule has 1 aromatic carbocycles. The van der Waals surface area contributed by atoms with Crippen molar-refractivity contribution in [2.75, 3.05) is 6.54 Å². The lowest BCUT2D eigenvalue weighted by molar-refractivity contribution is -0.137. The Balaban J connectivity index is 2.38. The van der Waals surface area contributed by atoms with Crippen LogP contribution in [0.1, 0.15) is 42.1 Å². The molecule has 0 fully saturated rings. The van der Waals surface area contributed by atoms with Crippen LogP contribution in [0.15, 0.2) is 24.3 Å². The Bertz CT molecular complexity index is 415. The van der Waals surface area contributed by atoms with Crippen LogP contribution >= 0.6 is 0 Å². The van der Waals surface area contributed by atoms with Crippen molar-refractivity contribution in [2.45, 2.75) is 32.6 Å². The van der Waals surface area contributed by atoms with E-state index in [-0.39, 0.29) is 12.3 Å². The minimum atomic E-state index is -0.794. The molecule has 0 aliphatic rings. The molecule has 0 aliphatic heterocycles. The molecule has 0 heterocycles. The minimum absolute atomic E-state index is 0.0808. The smallest absolute Gasteiger partial charge is 0.303 e. The van der Waals surface area contributed by atoms with Gasteiger partial charge in [0.25, 0.3) is 5.91 Å². The summed E-state index contributed by atoms with van der Waals surface area (Å²) in [5, 5.41) is 11.3. The molecule has 0 atom stereocenters. The van der Waals surface area contributed by atoms with E-state index in [9.17, 15) is 9.59 Å². The Morgan fingerprint density at radius 2 is 1.94 bits per heavy atom. The molecular formula is C14H19NO3. The summed E-state index contributed by atoms with van der Waals surface area (Å²) in [7, 11) is 0. The third-order valence-electron chi connectivity index (χ3n) is 2.75. The Morgan fingerprint density at radius 3 is 2.61 bits per heavy atom. The molecule has 1 amide bonds. The number of nitrogens with one attached hydrogen (secondary N) is 1. The number of carbonyl (C=O) groups excluding carboxylic acids is 1. The van der Waals surface area contributed by atoms with Crippen molar-refractivity contribution in [3.05, 3.63) is 35.4 Å². The van der Waals surface area contributed by atoms with E-state index >= 15 is 0 Å². The van der Waals surface area contributed by atoms with Gasteiger partial charge in [0, 0.05) is 18.5 Å². The number of hydrogen-bond acceptors (Lipinski definition) is 2. The van der Waals surface area contributed by atoms with Crippen LogP contribution in [0.25, 0.3) is 0 Å². The zero-order chi connectivity index (χ0) is 13.4. The van der Waals surface area contributed by atoms with E-state index in [0.717, 1.165) is 12.0 Å². The summed E-state index contributed by atoms with van der Waals surface area (Å²) in [6.45, 7) is 2.53. The van der Waals surface area contributed by atoms with Gasteiger partial charge in [-0.25, -0.2) is 0 Å². The van der Waals surface area contributed by atoms with Crippen molar-refractivity contribution in [1.29, 1.82) is 0 Å². The Hall–Kier alpha value is -1.84. The largest absolute Gasteiger partial charge is 0.481 e. The van der Waals surface area contributed by atoms with Crippen molar-refractivity contribution in [3.8, 4) is 0 Å². The molecule has 0 aromatic heterocycles. The van der Waals surface area contributed by atoms with Gasteiger partial charge in [0.2, 0.25) is 0 Å². The quantitative estimate of drug-likeness (QED) is 0.728. The number of carbonyl (C=O) groups is 2. The SMILES string of the molecule is CCc1ccccc1C(=O)NCCCCC(=O)O. The highest BCUT2D eigenvalue weighted by Gasteiger charge is 2.08. The summed E-state index contributed by atoms with van der Waals surface area (Å²) in [6.07, 6.45) is 2.25. The highest BCUT2D eigenvalue weighted by atomic mass is 16.4. The number of aryl methyl sites for hydroxylation is 1. The third-order valence-corrected chi connectivity index (χ3v) is 2.75. The maximum absolute atomic E-state index is 11.9. The van der Waals surface area contributed by atoms with Crippen LogP contribution in [-0.4, -0.2) is 23.5 Å². The molecule has 4 heteroatoms. The van der Waals surface area contributed by atoms with Crippen LogP contribution in [0.2, 0.25) is 0 Å². The summed E-state index contributed by atoms with van der Waals surface area (Å²) in [4.78, 5) is 22.2. The first-order chi connectivity index (χ1) is 8.65. The lowest BCUT2D eigenvalue weighted by Gasteiger charge is -2.08. The predicted molar refractivity (Wildman–Crippen MR) is 69.6 cm³/mol. The fraction of sp³-hybridized carbons (Fsp3) is 0.429. The Kier molecular flexibility index (Phi) is 5.91. The van der Waals surface area contributed by atoms with Gasteiger partial charge < -0.3 is 10.4 Å². The standard InChI is InChI=1S/C14H19NO3/c1-2-11-7-3-4-8-12(11)14(18)15-10-6-5-9-13(16)17/h3-4,7-8H,2,5-6,9-10H2,1H3,(H,15,18)(H,16,17). The Labute approximate surface area is 107 Å². The summed E-state index contributed by atoms with van der Waals surface area (Å²) >= 11 is 0. The van der Waals surface area contributed by atoms with Crippen molar-refractivity contribution >= 4 is 11.9 Å². The first-order valence-electron chi connectivity index (χ1n) is 6.23. The van der Waals surface area contributed by atoms with E-state index in [1.807, 2.05) is 31.2 Å². The molecule has 2 N–H and O–H groups in total. The van der Waals surface area contributed by atoms with Crippen LogP contribution in [0.3, 0.4) is 0 Å². The van der Waals surface area contributed by atoms with Gasteiger partial charge in [-0.05, 0) is 30.9 Å². The zero-order valence-electron chi connectivity index (χ0n) is 10.6. The van der Waals surface area contributed by atoms with Gasteiger partial charge in [0.15, 0.2) is 0 Å². The molecule has 0 saturated carbocycles. The number of aliphatic carboxylic acids is 1. The van der Waals surface area contributed by atoms with Gasteiger partial charge in [-0.15, -0.1) is 0 Å². The first-order valence-corrected chi connectivity index (χ1v) is 6.23. The number of amides is 1. The van der Waals surface area contributed by atoms with Crippen molar-refractivity contribution in [2.24, 2.45) is 0 Å². The molecule has 0 unspecified atom stereocenters. The van der Waals surface area contributed by atoms with Crippen molar-refractivity contribution in [1.82, 2.24) is 5.32 Å². The number of carboxylic acids is 1. The van der Waals surface area contributed by atoms with Crippen LogP contribution in [0.4, 0.5) is 0 Å². The average molecular weight is 249 g/mol. The van der Waals surface area contributed by atoms with E-state index in [1.165, 1.54) is 0 Å². The van der Waals surface area contributed by atoms with E-state index < -0.39 is 5.97 Å². The van der Waals surface area contributed by atoms with Gasteiger partial charge in [0.05, 0.1) is 0 Å². The van der Waals surface area contributed by atoms with Crippen molar-refractivity contribution < 1.29 is 14.7 Å². The number of carboxylic acid groups (broad SMARTS) is 1. The predicted octanol–water partition coefficient (Wildman–Crippen LogP) is 2.23. The fourth-order valence-electron chi connectivity index (χ4n) is 1.75. The van der Waals surface area contributed by atoms with E-state index in [1.54, 1.807) is 0 Å². The topological polar surface area (TPSA) is 66.4 Å². The minimum Gasteiger partial charge on any atom is -0.481 e. The lowest BCUT2D eigenvalue weighted by Crippen LogP contribution is -2.25. The molecule has 0 bridgehead atoms. The first kappa shape index (κ1) is 14.2. The van der Waals surface area contributed by atoms with Crippen LogP contribution in [-0.2, 0) is 11.2 Å². The zero-order valence-corrected chi connectivity index (χ0v) is 10.6. The fourth-order valence-corrected chi connectivity index (χ4v) is 1.75. The number of rotatable bonds is 7. The van der Waals surface area contributed by atoms with E-state index in [2.05, 4.69) is 5.32 Å². The maximum atomic E-state index is 11.9. The van der Waals surface area contributed by atoms with Gasteiger partial charge in [-0.2, -0.15) is 0 Å². The maximum Gasteiger partial charge on any atom is 0.303 e. The van der Waals surface area contributed by atoms with Gasteiger partial charge in [-0.3, -0.25) is 9.59 Å². The molecule has 1 rings (SSSR count). The number of hydrogen-bond donors (Lipinski definition) is 2. The molecule has 1 aromatic rings. The molecule has 98 valence electrons. The van der Waals surface area contributed by atoms with Crippen molar-refractivity contribution in [3.63, 3.8) is 0 Å². The highest BCUT2D eigenvalue weighted by Crippen LogP contribution is 2.09. The van der Waals surface area contributed by atoms with E-state index in [0.29, 0.717) is 24.9 Å². The summed E-state index contributed by atoms with van der Waals surface area (Å²) < 4.78 is 0. The number of unbranched alkanes of at least 4 members (excludes halogenated alkanes) is 1. The van der Waals surface area contributed by atoms with E-state index in [4.69, 9.17) is 5.11 Å². The molecule has 0 aliphatic carbocycles. The number of benzene rings is 1. The summed E-state index contributed by atoms with van der Waals surface area (Å²) in [5.74, 6) is -0.875. The summed E-state index contributed by atoms with van der Waals surface area (Å²) in [5.41, 5.74) is 1.73. The molecule has 18 heavy (non-hydrogen) atoms. The third kappa shape index (κ3) is 4.57. The highest BCUT2D eigenvalue weighted by molar-refractivity contribution is 5.95.